The molecule has 4 heteroatoms. The summed E-state index contributed by atoms with van der Waals surface area (Å²) in [5.41, 5.74) is 0.947. The number of rotatable bonds is 3. The van der Waals surface area contributed by atoms with Crippen molar-refractivity contribution in [2.24, 2.45) is 0 Å². The summed E-state index contributed by atoms with van der Waals surface area (Å²) in [4.78, 5) is 0. The lowest BCUT2D eigenvalue weighted by Crippen LogP contribution is -2.35. The quantitative estimate of drug-likeness (QED) is 0.903. The molecule has 0 spiro atoms. The average molecular weight is 267 g/mol. The molecule has 0 aliphatic heterocycles. The predicted molar refractivity (Wildman–Crippen MR) is 72.1 cm³/mol. The maximum absolute atomic E-state index is 13.7. The minimum atomic E-state index is -0.647. The zero-order chi connectivity index (χ0) is 14.2. The Labute approximate surface area is 111 Å². The molecule has 0 atom stereocenters. The Bertz CT molecular complexity index is 596. The Morgan fingerprint density at radius 1 is 1.21 bits per heavy atom. The zero-order valence-electron chi connectivity index (χ0n) is 11.7. The lowest BCUT2D eigenvalue weighted by Gasteiger charge is -2.19. The van der Waals surface area contributed by atoms with Crippen LogP contribution in [0.1, 0.15) is 39.0 Å². The summed E-state index contributed by atoms with van der Waals surface area (Å²) in [6.07, 6.45) is 0.678. The first-order valence-electron chi connectivity index (χ1n) is 6.46. The molecule has 0 aliphatic rings. The van der Waals surface area contributed by atoms with Gasteiger partial charge < -0.3 is 9.73 Å². The van der Waals surface area contributed by atoms with Crippen LogP contribution in [-0.4, -0.2) is 5.54 Å². The van der Waals surface area contributed by atoms with E-state index in [2.05, 4.69) is 5.32 Å². The fourth-order valence-electron chi connectivity index (χ4n) is 2.10. The number of fused-ring (bicyclic) bond motifs is 1. The van der Waals surface area contributed by atoms with Crippen LogP contribution >= 0.6 is 0 Å². The van der Waals surface area contributed by atoms with Crippen LogP contribution in [0.4, 0.5) is 8.78 Å². The van der Waals surface area contributed by atoms with Gasteiger partial charge in [-0.25, -0.2) is 8.78 Å². The van der Waals surface area contributed by atoms with Gasteiger partial charge in [-0.1, -0.05) is 6.92 Å². The van der Waals surface area contributed by atoms with Crippen LogP contribution in [0, 0.1) is 11.6 Å². The van der Waals surface area contributed by atoms with Gasteiger partial charge in [0, 0.05) is 22.6 Å². The van der Waals surface area contributed by atoms with Crippen molar-refractivity contribution in [3.05, 3.63) is 35.1 Å². The Kier molecular flexibility index (Phi) is 3.63. The molecule has 2 rings (SSSR count). The van der Waals surface area contributed by atoms with Crippen molar-refractivity contribution in [1.82, 2.24) is 5.32 Å². The summed E-state index contributed by atoms with van der Waals surface area (Å²) < 4.78 is 32.6. The van der Waals surface area contributed by atoms with Crippen LogP contribution in [0.5, 0.6) is 0 Å². The van der Waals surface area contributed by atoms with Crippen molar-refractivity contribution in [2.75, 3.05) is 0 Å². The van der Waals surface area contributed by atoms with Crippen LogP contribution in [0.3, 0.4) is 0 Å². The molecule has 0 bridgehead atoms. The zero-order valence-corrected chi connectivity index (χ0v) is 11.7. The van der Waals surface area contributed by atoms with E-state index in [1.165, 1.54) is 6.07 Å². The largest absolute Gasteiger partial charge is 0.456 e. The van der Waals surface area contributed by atoms with E-state index in [0.717, 1.165) is 11.6 Å². The molecule has 0 radical (unpaired) electrons. The molecule has 1 heterocycles. The molecular formula is C15H19F2NO. The highest BCUT2D eigenvalue weighted by Crippen LogP contribution is 2.29. The molecule has 0 saturated heterocycles. The standard InChI is InChI=1S/C15H19F2NO/c1-5-10-11-6-9(16)7-12(17)14(11)19-13(10)8-18-15(2,3)4/h6-7,18H,5,8H2,1-4H3. The summed E-state index contributed by atoms with van der Waals surface area (Å²) in [5.74, 6) is -0.542. The highest BCUT2D eigenvalue weighted by molar-refractivity contribution is 5.83. The van der Waals surface area contributed by atoms with Gasteiger partial charge in [-0.2, -0.15) is 0 Å². The van der Waals surface area contributed by atoms with E-state index in [9.17, 15) is 8.78 Å². The van der Waals surface area contributed by atoms with E-state index >= 15 is 0 Å². The number of hydrogen-bond acceptors (Lipinski definition) is 2. The SMILES string of the molecule is CCc1c(CNC(C)(C)C)oc2c(F)cc(F)cc12. The lowest BCUT2D eigenvalue weighted by atomic mass is 10.1. The van der Waals surface area contributed by atoms with Crippen LogP contribution in [0.25, 0.3) is 11.0 Å². The maximum atomic E-state index is 13.7. The second-order valence-electron chi connectivity index (χ2n) is 5.73. The highest BCUT2D eigenvalue weighted by Gasteiger charge is 2.18. The molecule has 2 aromatic rings. The van der Waals surface area contributed by atoms with Crippen molar-refractivity contribution in [3.63, 3.8) is 0 Å². The summed E-state index contributed by atoms with van der Waals surface area (Å²) >= 11 is 0. The summed E-state index contributed by atoms with van der Waals surface area (Å²) in [7, 11) is 0. The van der Waals surface area contributed by atoms with Crippen molar-refractivity contribution in [3.8, 4) is 0 Å². The molecule has 0 unspecified atom stereocenters. The van der Waals surface area contributed by atoms with Crippen LogP contribution in [0.15, 0.2) is 16.5 Å². The van der Waals surface area contributed by atoms with E-state index < -0.39 is 11.6 Å². The summed E-state index contributed by atoms with van der Waals surface area (Å²) in [6, 6.07) is 2.19. The topological polar surface area (TPSA) is 25.2 Å². The van der Waals surface area contributed by atoms with E-state index in [1.54, 1.807) is 0 Å². The second kappa shape index (κ2) is 4.93. The van der Waals surface area contributed by atoms with Crippen LogP contribution in [-0.2, 0) is 13.0 Å². The molecule has 104 valence electrons. The van der Waals surface area contributed by atoms with Gasteiger partial charge in [0.1, 0.15) is 11.6 Å². The molecular weight excluding hydrogens is 248 g/mol. The van der Waals surface area contributed by atoms with Crippen LogP contribution < -0.4 is 5.32 Å². The van der Waals surface area contributed by atoms with E-state index in [4.69, 9.17) is 4.42 Å². The van der Waals surface area contributed by atoms with Crippen molar-refractivity contribution < 1.29 is 13.2 Å². The highest BCUT2D eigenvalue weighted by atomic mass is 19.1. The van der Waals surface area contributed by atoms with E-state index in [1.807, 2.05) is 27.7 Å². The first kappa shape index (κ1) is 14.0. The minimum Gasteiger partial charge on any atom is -0.456 e. The number of halogens is 2. The van der Waals surface area contributed by atoms with E-state index in [-0.39, 0.29) is 11.1 Å². The first-order valence-corrected chi connectivity index (χ1v) is 6.46. The molecule has 0 amide bonds. The Balaban J connectivity index is 2.47. The third kappa shape index (κ3) is 2.95. The number of furan rings is 1. The number of aryl methyl sites for hydroxylation is 1. The normalized spacial score (nSPS) is 12.3. The Morgan fingerprint density at radius 3 is 2.47 bits per heavy atom. The van der Waals surface area contributed by atoms with Gasteiger partial charge in [0.2, 0.25) is 0 Å². The molecule has 2 nitrogen and oxygen atoms in total. The monoisotopic (exact) mass is 267 g/mol. The molecule has 19 heavy (non-hydrogen) atoms. The molecule has 1 aromatic carbocycles. The van der Waals surface area contributed by atoms with Gasteiger partial charge in [-0.15, -0.1) is 0 Å². The number of benzene rings is 1. The van der Waals surface area contributed by atoms with Gasteiger partial charge >= 0.3 is 0 Å². The van der Waals surface area contributed by atoms with Gasteiger partial charge in [-0.05, 0) is 33.3 Å². The minimum absolute atomic E-state index is 0.0617. The summed E-state index contributed by atoms with van der Waals surface area (Å²) in [5, 5.41) is 3.83. The van der Waals surface area contributed by atoms with Crippen molar-refractivity contribution in [2.45, 2.75) is 46.2 Å². The molecule has 1 aromatic heterocycles. The van der Waals surface area contributed by atoms with Crippen molar-refractivity contribution >= 4 is 11.0 Å². The molecule has 0 aliphatic carbocycles. The summed E-state index contributed by atoms with van der Waals surface area (Å²) in [6.45, 7) is 8.58. The smallest absolute Gasteiger partial charge is 0.170 e. The van der Waals surface area contributed by atoms with Crippen molar-refractivity contribution in [1.29, 1.82) is 0 Å². The third-order valence-corrected chi connectivity index (χ3v) is 3.03. The average Bonchev–Trinajstić information content (AvgIpc) is 2.63. The number of hydrogen-bond donors (Lipinski definition) is 1. The van der Waals surface area contributed by atoms with E-state index in [0.29, 0.717) is 24.1 Å². The predicted octanol–water partition coefficient (Wildman–Crippen LogP) is 4.16. The maximum Gasteiger partial charge on any atom is 0.170 e. The molecule has 1 N–H and O–H groups in total. The van der Waals surface area contributed by atoms with Gasteiger partial charge in [0.05, 0.1) is 6.54 Å². The fourth-order valence-corrected chi connectivity index (χ4v) is 2.10. The van der Waals surface area contributed by atoms with Gasteiger partial charge in [0.15, 0.2) is 11.4 Å². The van der Waals surface area contributed by atoms with Gasteiger partial charge in [-0.3, -0.25) is 0 Å². The first-order chi connectivity index (χ1) is 8.81. The Morgan fingerprint density at radius 2 is 1.89 bits per heavy atom. The molecule has 0 fully saturated rings. The Hall–Kier alpha value is -1.42. The molecule has 0 saturated carbocycles. The van der Waals surface area contributed by atoms with Crippen LogP contribution in [0.2, 0.25) is 0 Å². The lowest BCUT2D eigenvalue weighted by molar-refractivity contribution is 0.391. The third-order valence-electron chi connectivity index (χ3n) is 3.03. The second-order valence-corrected chi connectivity index (χ2v) is 5.73. The van der Waals surface area contributed by atoms with Gasteiger partial charge in [0.25, 0.3) is 0 Å². The number of nitrogens with one attached hydrogen (secondary N) is 1. The fraction of sp³-hybridized carbons (Fsp3) is 0.467.